The molecule has 0 aromatic heterocycles. The second-order valence-electron chi connectivity index (χ2n) is 2.75. The Hall–Kier alpha value is 1.21. The Morgan fingerprint density at radius 3 is 1.40 bits per heavy atom. The zero-order valence-electron chi connectivity index (χ0n) is 10.2. The summed E-state index contributed by atoms with van der Waals surface area (Å²) >= 11 is 0. The van der Waals surface area contributed by atoms with E-state index in [1.54, 1.807) is 0 Å². The van der Waals surface area contributed by atoms with Crippen molar-refractivity contribution in [1.82, 2.24) is 0 Å². The van der Waals surface area contributed by atoms with Crippen molar-refractivity contribution < 1.29 is 26.8 Å². The molecule has 2 nitrogen and oxygen atoms in total. The van der Waals surface area contributed by atoms with Gasteiger partial charge in [0.05, 0.1) is 0 Å². The van der Waals surface area contributed by atoms with E-state index in [9.17, 15) is 0 Å². The normalized spacial score (nSPS) is 7.20. The van der Waals surface area contributed by atoms with Crippen molar-refractivity contribution in [2.45, 2.75) is 46.5 Å². The molecule has 5 heteroatoms. The van der Waals surface area contributed by atoms with Crippen LogP contribution in [-0.2, 0) is 21.7 Å². The molecular formula is C10H26Cl2NOTi-. The number of halogens is 2. The van der Waals surface area contributed by atoms with Crippen molar-refractivity contribution in [2.24, 2.45) is 0 Å². The van der Waals surface area contributed by atoms with E-state index >= 15 is 0 Å². The van der Waals surface area contributed by atoms with Crippen LogP contribution in [0, 0.1) is 0 Å². The standard InChI is InChI=1S/C6H14N.C4H10O.2ClH.Ti/c1-3-5-7-6-4-2;1-2-3-4-5;;;/h3-6H2,1-2H3;5H,2-4H2,1H3;2*1H;/q-1;;;;. The fourth-order valence-electron chi connectivity index (χ4n) is 0.586. The van der Waals surface area contributed by atoms with E-state index in [4.69, 9.17) is 5.11 Å². The minimum Gasteiger partial charge on any atom is -0.662 e. The average Bonchev–Trinajstić information content (AvgIpc) is 2.08. The quantitative estimate of drug-likeness (QED) is 0.587. The third-order valence-electron chi connectivity index (χ3n) is 1.28. The van der Waals surface area contributed by atoms with E-state index < -0.39 is 0 Å². The monoisotopic (exact) mass is 294 g/mol. The van der Waals surface area contributed by atoms with Crippen LogP contribution in [0.25, 0.3) is 5.32 Å². The molecule has 0 spiro atoms. The summed E-state index contributed by atoms with van der Waals surface area (Å²) in [6, 6.07) is 0. The number of hydrogen-bond acceptors (Lipinski definition) is 1. The van der Waals surface area contributed by atoms with Crippen LogP contribution in [-0.4, -0.2) is 24.8 Å². The van der Waals surface area contributed by atoms with Gasteiger partial charge in [-0.25, -0.2) is 0 Å². The van der Waals surface area contributed by atoms with Crippen LogP contribution in [0.1, 0.15) is 46.5 Å². The van der Waals surface area contributed by atoms with Gasteiger partial charge >= 0.3 is 0 Å². The number of unbranched alkanes of at least 4 members (excludes halogenated alkanes) is 1. The Morgan fingerprint density at radius 2 is 1.27 bits per heavy atom. The fraction of sp³-hybridized carbons (Fsp3) is 1.00. The molecule has 1 N–H and O–H groups in total. The summed E-state index contributed by atoms with van der Waals surface area (Å²) in [5.74, 6) is 0. The smallest absolute Gasteiger partial charge is 0.0430 e. The molecule has 0 aliphatic rings. The molecule has 0 bridgehead atoms. The van der Waals surface area contributed by atoms with Gasteiger partial charge < -0.3 is 10.4 Å². The Labute approximate surface area is 123 Å². The maximum absolute atomic E-state index is 8.07. The van der Waals surface area contributed by atoms with Gasteiger partial charge in [-0.15, -0.1) is 37.9 Å². The molecule has 0 aliphatic heterocycles. The van der Waals surface area contributed by atoms with E-state index in [0.29, 0.717) is 6.61 Å². The van der Waals surface area contributed by atoms with Crippen LogP contribution in [0.3, 0.4) is 0 Å². The first-order chi connectivity index (χ1) is 5.83. The van der Waals surface area contributed by atoms with Crippen LogP contribution in [0.2, 0.25) is 0 Å². The zero-order chi connectivity index (χ0) is 9.66. The largest absolute Gasteiger partial charge is 0.662 e. The van der Waals surface area contributed by atoms with Crippen molar-refractivity contribution in [1.29, 1.82) is 0 Å². The Balaban J connectivity index is -0.0000000383. The minimum absolute atomic E-state index is 0. The van der Waals surface area contributed by atoms with Gasteiger partial charge in [0.2, 0.25) is 0 Å². The van der Waals surface area contributed by atoms with Crippen molar-refractivity contribution in [3.63, 3.8) is 0 Å². The number of aliphatic hydroxyl groups excluding tert-OH is 1. The summed E-state index contributed by atoms with van der Waals surface area (Å²) < 4.78 is 0. The summed E-state index contributed by atoms with van der Waals surface area (Å²) in [7, 11) is 0. The number of aliphatic hydroxyl groups is 1. The average molecular weight is 295 g/mol. The molecule has 0 radical (unpaired) electrons. The molecule has 0 aromatic rings. The van der Waals surface area contributed by atoms with Crippen molar-refractivity contribution >= 4 is 24.8 Å². The molecule has 0 aliphatic carbocycles. The number of hydrogen-bond donors (Lipinski definition) is 1. The number of rotatable bonds is 6. The van der Waals surface area contributed by atoms with Gasteiger partial charge in [0.1, 0.15) is 0 Å². The summed E-state index contributed by atoms with van der Waals surface area (Å²) in [4.78, 5) is 0. The maximum atomic E-state index is 8.07. The van der Waals surface area contributed by atoms with E-state index in [1.807, 2.05) is 0 Å². The molecule has 0 aromatic carbocycles. The first kappa shape index (κ1) is 29.8. The van der Waals surface area contributed by atoms with Crippen molar-refractivity contribution in [3.05, 3.63) is 5.32 Å². The van der Waals surface area contributed by atoms with Gasteiger partial charge in [-0.2, -0.15) is 0 Å². The molecule has 15 heavy (non-hydrogen) atoms. The molecule has 0 heterocycles. The topological polar surface area (TPSA) is 34.3 Å². The van der Waals surface area contributed by atoms with Crippen LogP contribution >= 0.6 is 24.8 Å². The van der Waals surface area contributed by atoms with Crippen molar-refractivity contribution in [3.8, 4) is 0 Å². The predicted octanol–water partition coefficient (Wildman–Crippen LogP) is 3.80. The SMILES string of the molecule is CCCCO.CCC[N-]CCC.Cl.Cl.[Ti]. The van der Waals surface area contributed by atoms with Gasteiger partial charge in [0.15, 0.2) is 0 Å². The summed E-state index contributed by atoms with van der Waals surface area (Å²) in [6.07, 6.45) is 4.43. The first-order valence-electron chi connectivity index (χ1n) is 5.07. The van der Waals surface area contributed by atoms with Gasteiger partial charge in [0.25, 0.3) is 0 Å². The predicted molar refractivity (Wildman–Crippen MR) is 70.2 cm³/mol. The molecule has 0 unspecified atom stereocenters. The second-order valence-corrected chi connectivity index (χ2v) is 2.75. The van der Waals surface area contributed by atoms with Gasteiger partial charge in [0, 0.05) is 28.3 Å². The molecule has 0 saturated heterocycles. The zero-order valence-corrected chi connectivity index (χ0v) is 13.4. The molecular weight excluding hydrogens is 269 g/mol. The van der Waals surface area contributed by atoms with Crippen LogP contribution in [0.4, 0.5) is 0 Å². The third-order valence-corrected chi connectivity index (χ3v) is 1.28. The van der Waals surface area contributed by atoms with Crippen LogP contribution < -0.4 is 0 Å². The van der Waals surface area contributed by atoms with Crippen LogP contribution in [0.15, 0.2) is 0 Å². The van der Waals surface area contributed by atoms with E-state index in [0.717, 1.165) is 25.9 Å². The summed E-state index contributed by atoms with van der Waals surface area (Å²) in [6.45, 7) is 8.80. The number of nitrogens with zero attached hydrogens (tertiary/aromatic N) is 1. The molecule has 0 fully saturated rings. The molecule has 0 atom stereocenters. The summed E-state index contributed by atoms with van der Waals surface area (Å²) in [5.41, 5.74) is 0. The third kappa shape index (κ3) is 51.0. The molecule has 96 valence electrons. The van der Waals surface area contributed by atoms with Crippen molar-refractivity contribution in [2.75, 3.05) is 19.7 Å². The van der Waals surface area contributed by atoms with E-state index in [-0.39, 0.29) is 46.5 Å². The van der Waals surface area contributed by atoms with Gasteiger partial charge in [-0.1, -0.05) is 40.0 Å². The van der Waals surface area contributed by atoms with Gasteiger partial charge in [-0.05, 0) is 6.42 Å². The van der Waals surface area contributed by atoms with E-state index in [2.05, 4.69) is 26.1 Å². The molecule has 0 saturated carbocycles. The Kier molecular flexibility index (Phi) is 72.0. The maximum Gasteiger partial charge on any atom is 0.0430 e. The Morgan fingerprint density at radius 1 is 0.867 bits per heavy atom. The Bertz CT molecular complexity index is 65.4. The molecule has 0 rings (SSSR count). The fourth-order valence-corrected chi connectivity index (χ4v) is 0.586. The van der Waals surface area contributed by atoms with Crippen LogP contribution in [0.5, 0.6) is 0 Å². The second kappa shape index (κ2) is 36.2. The van der Waals surface area contributed by atoms with Gasteiger partial charge in [-0.3, -0.25) is 0 Å². The minimum atomic E-state index is 0. The summed E-state index contributed by atoms with van der Waals surface area (Å²) in [5, 5.41) is 12.3. The van der Waals surface area contributed by atoms with E-state index in [1.165, 1.54) is 12.8 Å². The molecule has 0 amide bonds. The first-order valence-corrected chi connectivity index (χ1v) is 5.07.